The Balaban J connectivity index is 2.44. The molecule has 0 atom stereocenters. The summed E-state index contributed by atoms with van der Waals surface area (Å²) in [7, 11) is 1.47. The highest BCUT2D eigenvalue weighted by Gasteiger charge is 2.20. The number of carboxylic acid groups (broad SMARTS) is 1. The molecule has 0 bridgehead atoms. The van der Waals surface area contributed by atoms with E-state index in [1.807, 2.05) is 0 Å². The second-order valence-corrected chi connectivity index (χ2v) is 5.84. The maximum atomic E-state index is 11.9. The highest BCUT2D eigenvalue weighted by atomic mass is 35.5. The van der Waals surface area contributed by atoms with Gasteiger partial charge in [-0.05, 0) is 24.6 Å². The van der Waals surface area contributed by atoms with Crippen molar-refractivity contribution in [2.24, 2.45) is 5.10 Å². The Labute approximate surface area is 157 Å². The molecule has 1 aromatic heterocycles. The Morgan fingerprint density at radius 3 is 2.60 bits per heavy atom. The fourth-order valence-corrected chi connectivity index (χ4v) is 2.54. The SMILES string of the molecule is COc1ccc([O-])c(/C(C)=N/Nc2c(Cl)c(Cl)nc(C(=O)O)c2Cl)c1. The first-order chi connectivity index (χ1) is 11.8. The number of methoxy groups -OCH3 is 1. The van der Waals surface area contributed by atoms with Gasteiger partial charge in [0, 0.05) is 0 Å². The van der Waals surface area contributed by atoms with Crippen LogP contribution in [0.15, 0.2) is 23.3 Å². The van der Waals surface area contributed by atoms with E-state index in [-0.39, 0.29) is 32.2 Å². The standard InChI is InChI=1S/C15H12Cl3N3O4/c1-6(8-5-7(25-2)3-4-9(8)22)20-21-12-10(16)13(15(23)24)19-14(18)11(12)17/h3-5,22H,1-2H3,(H,19,21)(H,23,24)/p-1/b20-6+. The van der Waals surface area contributed by atoms with Crippen molar-refractivity contribution in [1.82, 2.24) is 4.98 Å². The van der Waals surface area contributed by atoms with Crippen LogP contribution in [0.1, 0.15) is 23.0 Å². The van der Waals surface area contributed by atoms with Crippen LogP contribution < -0.4 is 15.3 Å². The minimum Gasteiger partial charge on any atom is -0.872 e. The van der Waals surface area contributed by atoms with Crippen LogP contribution in [0.5, 0.6) is 11.5 Å². The van der Waals surface area contributed by atoms with Gasteiger partial charge in [0.15, 0.2) is 10.8 Å². The molecule has 0 spiro atoms. The molecule has 0 saturated carbocycles. The average Bonchev–Trinajstić information content (AvgIpc) is 2.58. The Kier molecular flexibility index (Phi) is 5.94. The van der Waals surface area contributed by atoms with E-state index >= 15 is 0 Å². The Morgan fingerprint density at radius 2 is 2.00 bits per heavy atom. The van der Waals surface area contributed by atoms with Crippen molar-refractivity contribution in [3.05, 3.63) is 44.7 Å². The third-order valence-electron chi connectivity index (χ3n) is 3.15. The van der Waals surface area contributed by atoms with Gasteiger partial charge in [0.2, 0.25) is 0 Å². The van der Waals surface area contributed by atoms with Gasteiger partial charge in [0.25, 0.3) is 0 Å². The molecule has 132 valence electrons. The normalized spacial score (nSPS) is 11.3. The third kappa shape index (κ3) is 4.07. The summed E-state index contributed by atoms with van der Waals surface area (Å²) in [5.74, 6) is -1.15. The van der Waals surface area contributed by atoms with Crippen LogP contribution in [-0.4, -0.2) is 28.9 Å². The van der Waals surface area contributed by atoms with Crippen LogP contribution in [0.4, 0.5) is 5.69 Å². The first kappa shape index (κ1) is 19.1. The number of carboxylic acids is 1. The maximum absolute atomic E-state index is 11.9. The van der Waals surface area contributed by atoms with Gasteiger partial charge in [-0.25, -0.2) is 9.78 Å². The summed E-state index contributed by atoms with van der Waals surface area (Å²) in [6.07, 6.45) is 0. The van der Waals surface area contributed by atoms with Crippen molar-refractivity contribution in [2.45, 2.75) is 6.92 Å². The zero-order valence-electron chi connectivity index (χ0n) is 12.9. The zero-order chi connectivity index (χ0) is 18.7. The number of ether oxygens (including phenoxy) is 1. The number of anilines is 1. The summed E-state index contributed by atoms with van der Waals surface area (Å²) < 4.78 is 5.07. The number of rotatable bonds is 5. The highest BCUT2D eigenvalue weighted by molar-refractivity contribution is 6.46. The number of carbonyl (C=O) groups is 1. The van der Waals surface area contributed by atoms with Crippen molar-refractivity contribution in [2.75, 3.05) is 12.5 Å². The fraction of sp³-hybridized carbons (Fsp3) is 0.133. The van der Waals surface area contributed by atoms with Crippen molar-refractivity contribution >= 4 is 52.2 Å². The largest absolute Gasteiger partial charge is 0.872 e. The van der Waals surface area contributed by atoms with Crippen molar-refractivity contribution in [1.29, 1.82) is 0 Å². The first-order valence-corrected chi connectivity index (χ1v) is 7.83. The molecule has 2 N–H and O–H groups in total. The monoisotopic (exact) mass is 402 g/mol. The van der Waals surface area contributed by atoms with Gasteiger partial charge in [0.1, 0.15) is 15.8 Å². The molecule has 2 aromatic rings. The molecular weight excluding hydrogens is 393 g/mol. The summed E-state index contributed by atoms with van der Waals surface area (Å²) in [6, 6.07) is 4.40. The molecule has 2 rings (SSSR count). The van der Waals surface area contributed by atoms with Crippen LogP contribution in [0, 0.1) is 0 Å². The van der Waals surface area contributed by atoms with Crippen molar-refractivity contribution < 1.29 is 19.7 Å². The van der Waals surface area contributed by atoms with E-state index in [1.165, 1.54) is 25.3 Å². The van der Waals surface area contributed by atoms with Gasteiger partial charge < -0.3 is 14.9 Å². The minimum atomic E-state index is -1.37. The maximum Gasteiger partial charge on any atom is 0.356 e. The number of halogens is 3. The third-order valence-corrected chi connectivity index (χ3v) is 4.26. The summed E-state index contributed by atoms with van der Waals surface area (Å²) >= 11 is 17.8. The van der Waals surface area contributed by atoms with Crippen molar-refractivity contribution in [3.8, 4) is 11.5 Å². The molecule has 0 fully saturated rings. The number of nitrogens with zero attached hydrogens (tertiary/aromatic N) is 2. The molecule has 0 aliphatic heterocycles. The van der Waals surface area contributed by atoms with E-state index in [0.29, 0.717) is 11.5 Å². The quantitative estimate of drug-likeness (QED) is 0.448. The molecule has 0 unspecified atom stereocenters. The summed E-state index contributed by atoms with van der Waals surface area (Å²) in [4.78, 5) is 14.7. The lowest BCUT2D eigenvalue weighted by Crippen LogP contribution is -2.08. The van der Waals surface area contributed by atoms with Crippen LogP contribution in [0.25, 0.3) is 0 Å². The summed E-state index contributed by atoms with van der Waals surface area (Å²) in [5, 5.41) is 24.5. The van der Waals surface area contributed by atoms with Gasteiger partial charge in [-0.15, -0.1) is 0 Å². The number of hydrogen-bond acceptors (Lipinski definition) is 6. The summed E-state index contributed by atoms with van der Waals surface area (Å²) in [5.41, 5.74) is 2.63. The lowest BCUT2D eigenvalue weighted by molar-refractivity contribution is -0.268. The number of pyridine rings is 1. The topological polar surface area (TPSA) is 107 Å². The molecule has 0 aliphatic carbocycles. The van der Waals surface area contributed by atoms with Crippen molar-refractivity contribution in [3.63, 3.8) is 0 Å². The van der Waals surface area contributed by atoms with E-state index in [0.717, 1.165) is 0 Å². The Hall–Kier alpha value is -2.22. The molecular formula is C15H11Cl3N3O4-. The Bertz CT molecular complexity index is 872. The van der Waals surface area contributed by atoms with Gasteiger partial charge in [-0.3, -0.25) is 5.43 Å². The average molecular weight is 404 g/mol. The van der Waals surface area contributed by atoms with E-state index in [4.69, 9.17) is 44.6 Å². The number of hydrogen-bond donors (Lipinski definition) is 2. The van der Waals surface area contributed by atoms with Gasteiger partial charge in [-0.1, -0.05) is 46.6 Å². The number of hydrazone groups is 1. The number of nitrogens with one attached hydrogen (secondary N) is 1. The van der Waals surface area contributed by atoms with Crippen LogP contribution >= 0.6 is 34.8 Å². The van der Waals surface area contributed by atoms with Crippen LogP contribution in [0.3, 0.4) is 0 Å². The smallest absolute Gasteiger partial charge is 0.356 e. The lowest BCUT2D eigenvalue weighted by Gasteiger charge is -2.15. The molecule has 1 aromatic carbocycles. The number of aromatic nitrogens is 1. The van der Waals surface area contributed by atoms with Crippen LogP contribution in [0.2, 0.25) is 15.2 Å². The summed E-state index contributed by atoms with van der Waals surface area (Å²) in [6.45, 7) is 1.58. The predicted molar refractivity (Wildman–Crippen MR) is 94.5 cm³/mol. The molecule has 0 aliphatic rings. The van der Waals surface area contributed by atoms with Crippen LogP contribution in [-0.2, 0) is 0 Å². The van der Waals surface area contributed by atoms with Gasteiger partial charge >= 0.3 is 5.97 Å². The van der Waals surface area contributed by atoms with E-state index < -0.39 is 11.7 Å². The number of aromatic carboxylic acids is 1. The molecule has 25 heavy (non-hydrogen) atoms. The second kappa shape index (κ2) is 7.77. The van der Waals surface area contributed by atoms with E-state index in [1.54, 1.807) is 6.92 Å². The second-order valence-electron chi connectivity index (χ2n) is 4.73. The number of benzene rings is 1. The molecule has 0 radical (unpaired) electrons. The molecule has 7 nitrogen and oxygen atoms in total. The zero-order valence-corrected chi connectivity index (χ0v) is 15.2. The first-order valence-electron chi connectivity index (χ1n) is 6.69. The van der Waals surface area contributed by atoms with Gasteiger partial charge in [0.05, 0.1) is 18.5 Å². The minimum absolute atomic E-state index is 0.0320. The molecule has 0 saturated heterocycles. The van der Waals surface area contributed by atoms with Gasteiger partial charge in [-0.2, -0.15) is 5.10 Å². The molecule has 0 amide bonds. The molecule has 10 heteroatoms. The van der Waals surface area contributed by atoms with E-state index in [9.17, 15) is 9.90 Å². The fourth-order valence-electron chi connectivity index (χ4n) is 1.87. The van der Waals surface area contributed by atoms with E-state index in [2.05, 4.69) is 15.5 Å². The Morgan fingerprint density at radius 1 is 1.32 bits per heavy atom. The predicted octanol–water partition coefficient (Wildman–Crippen LogP) is 3.66. The highest BCUT2D eigenvalue weighted by Crippen LogP contribution is 2.37. The lowest BCUT2D eigenvalue weighted by atomic mass is 10.1. The molecule has 1 heterocycles.